The van der Waals surface area contributed by atoms with Crippen LogP contribution in [0.5, 0.6) is 0 Å². The predicted molar refractivity (Wildman–Crippen MR) is 242 cm³/mol. The molecule has 4 nitrogen and oxygen atoms in total. The van der Waals surface area contributed by atoms with Crippen LogP contribution in [0.1, 0.15) is 0 Å². The summed E-state index contributed by atoms with van der Waals surface area (Å²) in [7, 11) is 0. The maximum Gasteiger partial charge on any atom is 0.165 e. The molecule has 0 radical (unpaired) electrons. The molecule has 0 fully saturated rings. The Morgan fingerprint density at radius 1 is 0.351 bits per heavy atom. The summed E-state index contributed by atoms with van der Waals surface area (Å²) in [5, 5.41) is 7.63. The van der Waals surface area contributed by atoms with Gasteiger partial charge < -0.3 is 4.57 Å². The van der Waals surface area contributed by atoms with Crippen LogP contribution >= 0.6 is 22.7 Å². The molecule has 0 aliphatic rings. The average molecular weight is 763 g/mol. The van der Waals surface area contributed by atoms with Gasteiger partial charge in [0, 0.05) is 73.5 Å². The topological polar surface area (TPSA) is 43.6 Å². The Hall–Kier alpha value is -6.99. The zero-order valence-electron chi connectivity index (χ0n) is 30.4. The summed E-state index contributed by atoms with van der Waals surface area (Å²) in [6.07, 6.45) is 0. The molecular weight excluding hydrogens is 733 g/mol. The zero-order chi connectivity index (χ0) is 37.5. The van der Waals surface area contributed by atoms with Gasteiger partial charge in [0.15, 0.2) is 17.5 Å². The second kappa shape index (κ2) is 12.8. The number of benzene rings is 8. The number of rotatable bonds is 5. The highest BCUT2D eigenvalue weighted by molar-refractivity contribution is 7.27. The molecule has 0 unspecified atom stereocenters. The number of hydrogen-bond donors (Lipinski definition) is 0. The van der Waals surface area contributed by atoms with Crippen molar-refractivity contribution in [3.05, 3.63) is 182 Å². The van der Waals surface area contributed by atoms with Crippen molar-refractivity contribution in [2.75, 3.05) is 0 Å². The summed E-state index contributed by atoms with van der Waals surface area (Å²) < 4.78 is 7.47. The fourth-order valence-electron chi connectivity index (χ4n) is 8.40. The lowest BCUT2D eigenvalue weighted by Crippen LogP contribution is -2.00. The highest BCUT2D eigenvalue weighted by Crippen LogP contribution is 2.45. The summed E-state index contributed by atoms with van der Waals surface area (Å²) in [6, 6.07) is 64.9. The summed E-state index contributed by atoms with van der Waals surface area (Å²) >= 11 is 3.69. The lowest BCUT2D eigenvalue weighted by atomic mass is 10.00. The first kappa shape index (κ1) is 32.3. The maximum atomic E-state index is 5.08. The molecule has 0 atom stereocenters. The minimum atomic E-state index is 0.664. The lowest BCUT2D eigenvalue weighted by Gasteiger charge is -2.09. The Morgan fingerprint density at radius 3 is 1.67 bits per heavy atom. The second-order valence-corrected chi connectivity index (χ2v) is 16.5. The van der Waals surface area contributed by atoms with E-state index < -0.39 is 0 Å². The van der Waals surface area contributed by atoms with E-state index in [1.165, 1.54) is 73.3 Å². The minimum absolute atomic E-state index is 0.664. The van der Waals surface area contributed by atoms with Crippen LogP contribution in [-0.2, 0) is 0 Å². The van der Waals surface area contributed by atoms with Gasteiger partial charge in [-0.2, -0.15) is 0 Å². The van der Waals surface area contributed by atoms with Gasteiger partial charge in [-0.05, 0) is 65.7 Å². The lowest BCUT2D eigenvalue weighted by molar-refractivity contribution is 1.08. The van der Waals surface area contributed by atoms with E-state index in [1.54, 1.807) is 11.3 Å². The Labute approximate surface area is 335 Å². The molecule has 0 N–H and O–H groups in total. The van der Waals surface area contributed by atoms with Crippen molar-refractivity contribution in [1.29, 1.82) is 0 Å². The number of aromatic nitrogens is 4. The van der Waals surface area contributed by atoms with E-state index in [1.807, 2.05) is 47.7 Å². The predicted octanol–water partition coefficient (Wildman–Crippen LogP) is 14.4. The molecule has 4 aromatic heterocycles. The smallest absolute Gasteiger partial charge is 0.165 e. The van der Waals surface area contributed by atoms with E-state index in [2.05, 4.69) is 150 Å². The SMILES string of the molecule is c1ccc(-c2nc(-c3ccccc3)nc(-c3cccc4c3sc3ccc(-c5ccc6c(c5)c5c7sc8ccccc8c7ccc5n6-c5ccccc5)cc34)n2)cc1. The molecule has 0 saturated heterocycles. The minimum Gasteiger partial charge on any atom is -0.309 e. The van der Waals surface area contributed by atoms with Crippen LogP contribution in [-0.4, -0.2) is 19.5 Å². The quantitative estimate of drug-likeness (QED) is 0.175. The summed E-state index contributed by atoms with van der Waals surface area (Å²) in [5.41, 5.74) is 8.92. The number of hydrogen-bond acceptors (Lipinski definition) is 5. The van der Waals surface area contributed by atoms with Gasteiger partial charge in [-0.1, -0.05) is 127 Å². The standard InChI is InChI=1S/C51H30N4S2/c1-4-13-31(14-5-1)49-52-50(32-15-6-2-7-16-32)54-51(53-49)39-21-12-20-37-40-29-34(24-28-45(40)56-47(37)39)33-23-26-42-41(30-33)46-43(55(42)35-17-8-3-9-18-35)27-25-38-36-19-10-11-22-44(36)57-48(38)46/h1-30H. The van der Waals surface area contributed by atoms with E-state index in [-0.39, 0.29) is 0 Å². The first-order valence-corrected chi connectivity index (χ1v) is 20.7. The van der Waals surface area contributed by atoms with E-state index in [4.69, 9.17) is 15.0 Å². The van der Waals surface area contributed by atoms with Crippen molar-refractivity contribution >= 4 is 84.8 Å². The first-order chi connectivity index (χ1) is 28.2. The number of para-hydroxylation sites is 1. The van der Waals surface area contributed by atoms with E-state index >= 15 is 0 Å². The van der Waals surface area contributed by atoms with Crippen molar-refractivity contribution in [1.82, 2.24) is 19.5 Å². The fourth-order valence-corrected chi connectivity index (χ4v) is 10.9. The van der Waals surface area contributed by atoms with Gasteiger partial charge in [0.25, 0.3) is 0 Å². The van der Waals surface area contributed by atoms with Crippen LogP contribution in [0, 0.1) is 0 Å². The van der Waals surface area contributed by atoms with Crippen LogP contribution < -0.4 is 0 Å². The van der Waals surface area contributed by atoms with Crippen molar-refractivity contribution in [3.8, 4) is 51.0 Å². The van der Waals surface area contributed by atoms with Gasteiger partial charge >= 0.3 is 0 Å². The monoisotopic (exact) mass is 762 g/mol. The van der Waals surface area contributed by atoms with Crippen LogP contribution in [0.15, 0.2) is 182 Å². The molecule has 6 heteroatoms. The first-order valence-electron chi connectivity index (χ1n) is 19.0. The Kier molecular flexibility index (Phi) is 7.24. The summed E-state index contributed by atoms with van der Waals surface area (Å²) in [4.78, 5) is 15.1. The molecule has 8 aromatic carbocycles. The largest absolute Gasteiger partial charge is 0.309 e. The van der Waals surface area contributed by atoms with Gasteiger partial charge in [0.2, 0.25) is 0 Å². The molecule has 0 aliphatic carbocycles. The van der Waals surface area contributed by atoms with Crippen LogP contribution in [0.25, 0.3) is 113 Å². The Balaban J connectivity index is 1.04. The molecule has 0 amide bonds. The highest BCUT2D eigenvalue weighted by Gasteiger charge is 2.20. The van der Waals surface area contributed by atoms with Gasteiger partial charge in [0.05, 0.1) is 11.0 Å². The summed E-state index contributed by atoms with van der Waals surface area (Å²) in [5.74, 6) is 2.00. The third kappa shape index (κ3) is 5.15. The molecular formula is C51H30N4S2. The zero-order valence-corrected chi connectivity index (χ0v) is 32.1. The van der Waals surface area contributed by atoms with Gasteiger partial charge in [-0.25, -0.2) is 15.0 Å². The molecule has 12 aromatic rings. The van der Waals surface area contributed by atoms with Gasteiger partial charge in [-0.3, -0.25) is 0 Å². The van der Waals surface area contributed by atoms with Gasteiger partial charge in [-0.15, -0.1) is 22.7 Å². The van der Waals surface area contributed by atoms with E-state index in [0.717, 1.165) is 22.4 Å². The van der Waals surface area contributed by atoms with Crippen molar-refractivity contribution in [2.24, 2.45) is 0 Å². The van der Waals surface area contributed by atoms with Crippen molar-refractivity contribution in [3.63, 3.8) is 0 Å². The van der Waals surface area contributed by atoms with Crippen molar-refractivity contribution in [2.45, 2.75) is 0 Å². The van der Waals surface area contributed by atoms with E-state index in [9.17, 15) is 0 Å². The van der Waals surface area contributed by atoms with Crippen molar-refractivity contribution < 1.29 is 0 Å². The van der Waals surface area contributed by atoms with Crippen LogP contribution in [0.4, 0.5) is 0 Å². The fraction of sp³-hybridized carbons (Fsp3) is 0. The van der Waals surface area contributed by atoms with Crippen LogP contribution in [0.3, 0.4) is 0 Å². The normalized spacial score (nSPS) is 11.9. The average Bonchev–Trinajstić information content (AvgIpc) is 3.96. The third-order valence-electron chi connectivity index (χ3n) is 11.1. The number of nitrogens with zero attached hydrogens (tertiary/aromatic N) is 4. The highest BCUT2D eigenvalue weighted by atomic mass is 32.1. The third-order valence-corrected chi connectivity index (χ3v) is 13.5. The van der Waals surface area contributed by atoms with Crippen LogP contribution in [0.2, 0.25) is 0 Å². The summed E-state index contributed by atoms with van der Waals surface area (Å²) in [6.45, 7) is 0. The molecule has 0 saturated carbocycles. The number of thiophene rings is 2. The molecule has 12 rings (SSSR count). The van der Waals surface area contributed by atoms with Gasteiger partial charge in [0.1, 0.15) is 0 Å². The Morgan fingerprint density at radius 2 is 0.912 bits per heavy atom. The maximum absolute atomic E-state index is 5.08. The molecule has 0 bridgehead atoms. The molecule has 266 valence electrons. The molecule has 0 aliphatic heterocycles. The molecule has 57 heavy (non-hydrogen) atoms. The second-order valence-electron chi connectivity index (χ2n) is 14.4. The van der Waals surface area contributed by atoms with E-state index in [0.29, 0.717) is 17.5 Å². The Bertz CT molecular complexity index is 3450. The number of fused-ring (bicyclic) bond motifs is 10. The molecule has 4 heterocycles. The molecule has 0 spiro atoms.